The molecule has 1 aliphatic rings. The second-order valence-corrected chi connectivity index (χ2v) is 3.32. The van der Waals surface area contributed by atoms with Gasteiger partial charge in [-0.25, -0.2) is 0 Å². The minimum Gasteiger partial charge on any atom is -0.379 e. The van der Waals surface area contributed by atoms with Gasteiger partial charge in [0.05, 0.1) is 6.10 Å². The minimum atomic E-state index is 0.518. The van der Waals surface area contributed by atoms with Gasteiger partial charge in [0.2, 0.25) is 0 Å². The zero-order valence-corrected chi connectivity index (χ0v) is 8.10. The molecule has 0 heterocycles. The van der Waals surface area contributed by atoms with Crippen molar-refractivity contribution < 1.29 is 4.74 Å². The van der Waals surface area contributed by atoms with E-state index in [1.165, 1.54) is 25.7 Å². The lowest BCUT2D eigenvalue weighted by Crippen LogP contribution is -2.20. The van der Waals surface area contributed by atoms with Crippen molar-refractivity contribution in [3.05, 3.63) is 0 Å². The quantitative estimate of drug-likeness (QED) is 0.573. The summed E-state index contributed by atoms with van der Waals surface area (Å²) in [5, 5.41) is 0. The van der Waals surface area contributed by atoms with E-state index in [4.69, 9.17) is 4.74 Å². The van der Waals surface area contributed by atoms with Crippen LogP contribution in [0.15, 0.2) is 0 Å². The molecule has 0 saturated heterocycles. The molecule has 0 aromatic rings. The van der Waals surface area contributed by atoms with E-state index >= 15 is 0 Å². The lowest BCUT2D eigenvalue weighted by atomic mass is 9.88. The summed E-state index contributed by atoms with van der Waals surface area (Å²) in [5.41, 5.74) is 0. The van der Waals surface area contributed by atoms with Gasteiger partial charge in [-0.2, -0.15) is 0 Å². The van der Waals surface area contributed by atoms with Gasteiger partial charge in [-0.15, -0.1) is 11.8 Å². The van der Waals surface area contributed by atoms with Crippen molar-refractivity contribution in [3.8, 4) is 11.8 Å². The Morgan fingerprint density at radius 3 is 2.42 bits per heavy atom. The van der Waals surface area contributed by atoms with E-state index in [9.17, 15) is 0 Å². The highest BCUT2D eigenvalue weighted by molar-refractivity contribution is 5.02. The Balaban J connectivity index is 2.23. The predicted molar refractivity (Wildman–Crippen MR) is 50.8 cm³/mol. The maximum Gasteiger partial charge on any atom is 0.0575 e. The van der Waals surface area contributed by atoms with E-state index in [1.54, 1.807) is 0 Å². The van der Waals surface area contributed by atoms with Gasteiger partial charge in [0.1, 0.15) is 0 Å². The third kappa shape index (κ3) is 2.87. The van der Waals surface area contributed by atoms with Gasteiger partial charge < -0.3 is 4.74 Å². The van der Waals surface area contributed by atoms with Gasteiger partial charge in [-0.05, 0) is 39.5 Å². The van der Waals surface area contributed by atoms with E-state index < -0.39 is 0 Å². The molecule has 0 aromatic carbocycles. The zero-order chi connectivity index (χ0) is 8.81. The van der Waals surface area contributed by atoms with E-state index in [0.717, 1.165) is 6.61 Å². The molecule has 0 amide bonds. The molecule has 68 valence electrons. The highest BCUT2D eigenvalue weighted by atomic mass is 16.5. The van der Waals surface area contributed by atoms with Crippen LogP contribution in [-0.4, -0.2) is 12.7 Å². The first kappa shape index (κ1) is 9.61. The molecule has 1 saturated carbocycles. The summed E-state index contributed by atoms with van der Waals surface area (Å²) in [5.74, 6) is 6.88. The van der Waals surface area contributed by atoms with Crippen molar-refractivity contribution in [1.82, 2.24) is 0 Å². The van der Waals surface area contributed by atoms with Crippen LogP contribution in [0.1, 0.15) is 39.5 Å². The Bertz CT molecular complexity index is 167. The molecule has 1 nitrogen and oxygen atoms in total. The molecule has 0 radical (unpaired) electrons. The Kier molecular flexibility index (Phi) is 4.18. The Morgan fingerprint density at radius 2 is 1.92 bits per heavy atom. The average molecular weight is 166 g/mol. The normalized spacial score (nSPS) is 29.2. The monoisotopic (exact) mass is 166 g/mol. The molecule has 0 bridgehead atoms. The van der Waals surface area contributed by atoms with Crippen LogP contribution < -0.4 is 0 Å². The van der Waals surface area contributed by atoms with E-state index in [-0.39, 0.29) is 0 Å². The number of hydrogen-bond donors (Lipinski definition) is 0. The van der Waals surface area contributed by atoms with Crippen LogP contribution in [0.25, 0.3) is 0 Å². The summed E-state index contributed by atoms with van der Waals surface area (Å²) < 4.78 is 5.56. The van der Waals surface area contributed by atoms with Gasteiger partial charge in [0.15, 0.2) is 0 Å². The highest BCUT2D eigenvalue weighted by Crippen LogP contribution is 2.25. The molecule has 1 aliphatic carbocycles. The van der Waals surface area contributed by atoms with Crippen molar-refractivity contribution in [2.45, 2.75) is 45.6 Å². The first-order valence-electron chi connectivity index (χ1n) is 4.90. The molecule has 0 aromatic heterocycles. The molecular formula is C11H18O. The Morgan fingerprint density at radius 1 is 1.25 bits per heavy atom. The van der Waals surface area contributed by atoms with Crippen LogP contribution in [0.5, 0.6) is 0 Å². The maximum absolute atomic E-state index is 5.56. The molecule has 0 N–H and O–H groups in total. The van der Waals surface area contributed by atoms with Gasteiger partial charge >= 0.3 is 0 Å². The van der Waals surface area contributed by atoms with Crippen molar-refractivity contribution >= 4 is 0 Å². The third-order valence-corrected chi connectivity index (χ3v) is 2.43. The van der Waals surface area contributed by atoms with Gasteiger partial charge in [-0.3, -0.25) is 0 Å². The second-order valence-electron chi connectivity index (χ2n) is 3.32. The summed E-state index contributed by atoms with van der Waals surface area (Å²) in [4.78, 5) is 0. The maximum atomic E-state index is 5.56. The topological polar surface area (TPSA) is 9.23 Å². The van der Waals surface area contributed by atoms with Crippen LogP contribution in [0.2, 0.25) is 0 Å². The minimum absolute atomic E-state index is 0.518. The van der Waals surface area contributed by atoms with Gasteiger partial charge in [-0.1, -0.05) is 0 Å². The zero-order valence-electron chi connectivity index (χ0n) is 8.10. The van der Waals surface area contributed by atoms with Crippen LogP contribution in [0.4, 0.5) is 0 Å². The van der Waals surface area contributed by atoms with Crippen LogP contribution in [0.3, 0.4) is 0 Å². The molecule has 0 atom stereocenters. The number of ether oxygens (including phenoxy) is 1. The third-order valence-electron chi connectivity index (χ3n) is 2.43. The molecule has 1 heteroatoms. The van der Waals surface area contributed by atoms with Crippen molar-refractivity contribution in [2.75, 3.05) is 6.61 Å². The molecule has 0 unspecified atom stereocenters. The molecular weight excluding hydrogens is 148 g/mol. The average Bonchev–Trinajstić information content (AvgIpc) is 2.09. The second kappa shape index (κ2) is 5.22. The first-order valence-corrected chi connectivity index (χ1v) is 4.90. The summed E-state index contributed by atoms with van der Waals surface area (Å²) in [6, 6.07) is 0. The smallest absolute Gasteiger partial charge is 0.0575 e. The van der Waals surface area contributed by atoms with Crippen LogP contribution in [-0.2, 0) is 4.74 Å². The standard InChI is InChI=1S/C11H18O/c1-3-5-10-6-8-11(9-7-10)12-4-2/h10-11H,4,6-9H2,1-2H3/t10-,11-. The Labute approximate surface area is 75.5 Å². The fourth-order valence-electron chi connectivity index (χ4n) is 1.81. The number of hydrogen-bond acceptors (Lipinski definition) is 1. The Hall–Kier alpha value is -0.480. The van der Waals surface area contributed by atoms with Crippen molar-refractivity contribution in [1.29, 1.82) is 0 Å². The molecule has 0 aliphatic heterocycles. The summed E-state index contributed by atoms with van der Waals surface area (Å²) in [7, 11) is 0. The lowest BCUT2D eigenvalue weighted by Gasteiger charge is -2.25. The predicted octanol–water partition coefficient (Wildman–Crippen LogP) is 2.61. The van der Waals surface area contributed by atoms with Gasteiger partial charge in [0.25, 0.3) is 0 Å². The first-order chi connectivity index (χ1) is 5.86. The highest BCUT2D eigenvalue weighted by Gasteiger charge is 2.19. The van der Waals surface area contributed by atoms with E-state index in [1.807, 2.05) is 6.92 Å². The van der Waals surface area contributed by atoms with Crippen LogP contribution in [0, 0.1) is 17.8 Å². The SMILES string of the molecule is CC#C[C@H]1CC[C@H](OCC)CC1. The molecule has 1 rings (SSSR count). The van der Waals surface area contributed by atoms with Crippen molar-refractivity contribution in [2.24, 2.45) is 5.92 Å². The van der Waals surface area contributed by atoms with Crippen LogP contribution >= 0.6 is 0 Å². The fourth-order valence-corrected chi connectivity index (χ4v) is 1.81. The number of rotatable bonds is 2. The molecule has 1 fully saturated rings. The summed E-state index contributed by atoms with van der Waals surface area (Å²) >= 11 is 0. The van der Waals surface area contributed by atoms with Crippen molar-refractivity contribution in [3.63, 3.8) is 0 Å². The van der Waals surface area contributed by atoms with Gasteiger partial charge in [0, 0.05) is 12.5 Å². The fraction of sp³-hybridized carbons (Fsp3) is 0.818. The van der Waals surface area contributed by atoms with E-state index in [2.05, 4.69) is 18.8 Å². The van der Waals surface area contributed by atoms with E-state index in [0.29, 0.717) is 12.0 Å². The lowest BCUT2D eigenvalue weighted by molar-refractivity contribution is 0.0310. The molecule has 12 heavy (non-hydrogen) atoms. The molecule has 0 spiro atoms. The summed E-state index contributed by atoms with van der Waals surface area (Å²) in [6.07, 6.45) is 5.38. The largest absolute Gasteiger partial charge is 0.379 e. The summed E-state index contributed by atoms with van der Waals surface area (Å²) in [6.45, 7) is 4.85.